The maximum atomic E-state index is 13.0. The number of anilines is 1. The van der Waals surface area contributed by atoms with Crippen LogP contribution < -0.4 is 8.90 Å². The monoisotopic (exact) mass is 646 g/mol. The fourth-order valence-electron chi connectivity index (χ4n) is 5.15. The van der Waals surface area contributed by atoms with Gasteiger partial charge in [0, 0.05) is 0 Å². The van der Waals surface area contributed by atoms with E-state index in [0.29, 0.717) is 30.0 Å². The zero-order valence-electron chi connectivity index (χ0n) is 23.4. The molecule has 206 valence electrons. The summed E-state index contributed by atoms with van der Waals surface area (Å²) in [5.74, 6) is -0.306. The van der Waals surface area contributed by atoms with Crippen LogP contribution in [-0.2, 0) is 14.9 Å². The molecule has 4 aromatic rings. The van der Waals surface area contributed by atoms with Crippen molar-refractivity contribution < 1.29 is 24.0 Å². The molecule has 1 atom stereocenters. The van der Waals surface area contributed by atoms with Crippen molar-refractivity contribution in [2.75, 3.05) is 5.32 Å². The summed E-state index contributed by atoms with van der Waals surface area (Å²) >= 11 is -2.40. The first-order valence-corrected chi connectivity index (χ1v) is 23.5. The second kappa shape index (κ2) is 10.8. The van der Waals surface area contributed by atoms with Gasteiger partial charge in [-0.15, -0.1) is 0 Å². The number of aryl methyl sites for hydroxylation is 1. The normalized spacial score (nSPS) is 14.8. The van der Waals surface area contributed by atoms with Crippen LogP contribution in [0.4, 0.5) is 10.5 Å². The van der Waals surface area contributed by atoms with Gasteiger partial charge in [-0.1, -0.05) is 24.3 Å². The molecule has 1 heterocycles. The first-order chi connectivity index (χ1) is 19.0. The predicted molar refractivity (Wildman–Crippen MR) is 159 cm³/mol. The van der Waals surface area contributed by atoms with Gasteiger partial charge < -0.3 is 5.11 Å². The number of ether oxygens (including phenoxy) is 1. The summed E-state index contributed by atoms with van der Waals surface area (Å²) in [6.07, 6.45) is 0.405. The van der Waals surface area contributed by atoms with Crippen molar-refractivity contribution in [3.05, 3.63) is 89.6 Å². The van der Waals surface area contributed by atoms with E-state index >= 15 is 0 Å². The van der Waals surface area contributed by atoms with Crippen LogP contribution in [0.3, 0.4) is 0 Å². The van der Waals surface area contributed by atoms with Gasteiger partial charge in [0.15, 0.2) is 0 Å². The third kappa shape index (κ3) is 5.52. The Morgan fingerprint density at radius 3 is 2.10 bits per heavy atom. The Morgan fingerprint density at radius 1 is 0.950 bits per heavy atom. The van der Waals surface area contributed by atoms with Crippen molar-refractivity contribution in [1.82, 2.24) is 5.16 Å². The van der Waals surface area contributed by atoms with Crippen LogP contribution in [0.25, 0.3) is 22.5 Å². The van der Waals surface area contributed by atoms with E-state index in [-0.39, 0.29) is 0 Å². The Bertz CT molecular complexity index is 1550. The topological polar surface area (TPSA) is 102 Å². The molecule has 40 heavy (non-hydrogen) atoms. The van der Waals surface area contributed by atoms with E-state index in [1.807, 2.05) is 73.7 Å². The number of nitrogens with one attached hydrogen (secondary N) is 1. The molecular weight excluding hydrogens is 611 g/mol. The van der Waals surface area contributed by atoms with Gasteiger partial charge >= 0.3 is 176 Å². The van der Waals surface area contributed by atoms with Crippen LogP contribution >= 0.6 is 0 Å². The van der Waals surface area contributed by atoms with E-state index < -0.39 is 42.0 Å². The van der Waals surface area contributed by atoms with Crippen LogP contribution in [0.15, 0.2) is 77.3 Å². The summed E-state index contributed by atoms with van der Waals surface area (Å²) in [6.45, 7) is 3.67. The summed E-state index contributed by atoms with van der Waals surface area (Å²) in [7, 11) is 0. The molecule has 1 amide bonds. The Balaban J connectivity index is 1.30. The van der Waals surface area contributed by atoms with E-state index in [2.05, 4.69) is 31.4 Å². The standard InChI is InChI=1S/C29H25N2O5.3CH3.Sn/c1-18-25(30-28(34)35-19(2)20-6-4-3-5-7-20)26(36-31-18)23-10-8-21(9-11-23)22-12-14-24(15-13-22)29(16-17-29)27(32)33;;;;/h3-6,8-15,19H,16-17H2,1-2H3,(H,30,34)(H,32,33);3*1H3;. The number of rotatable bonds is 8. The molecule has 1 aromatic heterocycles. The van der Waals surface area contributed by atoms with Gasteiger partial charge in [-0.3, -0.25) is 4.79 Å². The minimum atomic E-state index is -2.40. The summed E-state index contributed by atoms with van der Waals surface area (Å²) in [6, 6.07) is 23.7. The second-order valence-corrected chi connectivity index (χ2v) is 25.9. The number of aliphatic carboxylic acids is 1. The van der Waals surface area contributed by atoms with Gasteiger partial charge in [0.25, 0.3) is 0 Å². The Labute approximate surface area is 238 Å². The number of carbonyl (C=O) groups excluding carboxylic acids is 1. The summed E-state index contributed by atoms with van der Waals surface area (Å²) < 4.78 is 12.7. The van der Waals surface area contributed by atoms with Crippen LogP contribution in [0.1, 0.15) is 42.7 Å². The number of hydrogen-bond acceptors (Lipinski definition) is 5. The number of nitrogens with zero attached hydrogens (tertiary/aromatic N) is 1. The van der Waals surface area contributed by atoms with Gasteiger partial charge in [-0.2, -0.15) is 0 Å². The van der Waals surface area contributed by atoms with Crippen molar-refractivity contribution >= 4 is 39.7 Å². The molecule has 1 saturated carbocycles. The third-order valence-electron chi connectivity index (χ3n) is 7.66. The van der Waals surface area contributed by atoms with Crippen molar-refractivity contribution in [2.24, 2.45) is 0 Å². The number of hydrogen-bond donors (Lipinski definition) is 2. The number of carboxylic acids is 1. The van der Waals surface area contributed by atoms with E-state index in [9.17, 15) is 14.7 Å². The summed E-state index contributed by atoms with van der Waals surface area (Å²) in [5, 5.41) is 16.5. The number of benzene rings is 3. The number of aromatic nitrogens is 1. The average molecular weight is 645 g/mol. The summed E-state index contributed by atoms with van der Waals surface area (Å²) in [5.41, 5.74) is 4.95. The number of carboxylic acid groups (broad SMARTS) is 1. The van der Waals surface area contributed by atoms with Crippen molar-refractivity contribution in [2.45, 2.75) is 53.0 Å². The first kappa shape index (κ1) is 28.0. The zero-order valence-corrected chi connectivity index (χ0v) is 26.3. The molecule has 7 nitrogen and oxygen atoms in total. The molecule has 1 unspecified atom stereocenters. The van der Waals surface area contributed by atoms with Crippen molar-refractivity contribution in [1.29, 1.82) is 0 Å². The van der Waals surface area contributed by atoms with E-state index in [0.717, 1.165) is 27.8 Å². The second-order valence-electron chi connectivity index (χ2n) is 11.5. The molecule has 0 spiro atoms. The van der Waals surface area contributed by atoms with Gasteiger partial charge in [0.2, 0.25) is 0 Å². The molecule has 0 radical (unpaired) electrons. The summed E-state index contributed by atoms with van der Waals surface area (Å²) in [4.78, 5) is 31.6. The van der Waals surface area contributed by atoms with E-state index in [1.165, 1.54) is 3.58 Å². The number of amides is 1. The first-order valence-electron chi connectivity index (χ1n) is 13.5. The predicted octanol–water partition coefficient (Wildman–Crippen LogP) is 7.29. The van der Waals surface area contributed by atoms with Crippen molar-refractivity contribution in [3.8, 4) is 22.5 Å². The van der Waals surface area contributed by atoms with Gasteiger partial charge in [-0.25, -0.2) is 0 Å². The Morgan fingerprint density at radius 2 is 1.52 bits per heavy atom. The molecule has 5 rings (SSSR count). The quantitative estimate of drug-likeness (QED) is 0.195. The molecule has 1 aliphatic rings. The molecule has 0 aliphatic heterocycles. The van der Waals surface area contributed by atoms with Crippen molar-refractivity contribution in [3.63, 3.8) is 0 Å². The minimum absolute atomic E-state index is 0.397. The molecule has 0 saturated heterocycles. The molecule has 8 heteroatoms. The van der Waals surface area contributed by atoms with Crippen LogP contribution in [0.2, 0.25) is 14.8 Å². The average Bonchev–Trinajstić information content (AvgIpc) is 3.68. The van der Waals surface area contributed by atoms with E-state index in [1.54, 1.807) is 6.92 Å². The SMILES string of the molecule is Cc1noc(-c2ccc(-c3ccc(C4(C(=O)O)CC4)cc3)cc2)c1NC(=O)OC(C)c1cccc[c]1[Sn]([CH3])([CH3])[CH3]. The van der Waals surface area contributed by atoms with E-state index in [4.69, 9.17) is 9.26 Å². The molecule has 0 bridgehead atoms. The zero-order chi connectivity index (χ0) is 28.7. The van der Waals surface area contributed by atoms with Gasteiger partial charge in [0.1, 0.15) is 0 Å². The third-order valence-corrected chi connectivity index (χ3v) is 13.6. The Kier molecular flexibility index (Phi) is 7.52. The molecular formula is C32H34N2O5Sn. The molecule has 1 aliphatic carbocycles. The van der Waals surface area contributed by atoms with Gasteiger partial charge in [0.05, 0.1) is 5.41 Å². The maximum absolute atomic E-state index is 13.0. The van der Waals surface area contributed by atoms with Crippen LogP contribution in [0, 0.1) is 6.92 Å². The fourth-order valence-corrected chi connectivity index (χ4v) is 10.1. The molecule has 1 fully saturated rings. The molecule has 3 aromatic carbocycles. The number of carbonyl (C=O) groups is 2. The van der Waals surface area contributed by atoms with Crippen LogP contribution in [-0.4, -0.2) is 40.7 Å². The van der Waals surface area contributed by atoms with Crippen LogP contribution in [0.5, 0.6) is 0 Å². The fraction of sp³-hybridized carbons (Fsp3) is 0.281. The Hall–Kier alpha value is -3.59. The van der Waals surface area contributed by atoms with Gasteiger partial charge in [-0.05, 0) is 24.0 Å². The molecule has 2 N–H and O–H groups in total.